The Balaban J connectivity index is 2.89. The highest BCUT2D eigenvalue weighted by atomic mass is 19.1. The molecule has 0 bridgehead atoms. The number of phenolic OH excluding ortho intramolecular Hbond substituents is 1. The Hall–Kier alpha value is -1.64. The van der Waals surface area contributed by atoms with Crippen LogP contribution in [0.5, 0.6) is 5.75 Å². The second-order valence-electron chi connectivity index (χ2n) is 2.90. The van der Waals surface area contributed by atoms with E-state index >= 15 is 0 Å². The molecule has 3 heteroatoms. The fourth-order valence-corrected chi connectivity index (χ4v) is 1.25. The Morgan fingerprint density at radius 2 is 2.15 bits per heavy atom. The van der Waals surface area contributed by atoms with Gasteiger partial charge in [0.15, 0.2) is 0 Å². The van der Waals surface area contributed by atoms with E-state index in [4.69, 9.17) is 0 Å². The summed E-state index contributed by atoms with van der Waals surface area (Å²) in [6.07, 6.45) is 0. The molecular formula is C10H8FNO. The highest BCUT2D eigenvalue weighted by Gasteiger charge is 2.04. The third kappa shape index (κ3) is 1.22. The summed E-state index contributed by atoms with van der Waals surface area (Å²) >= 11 is 0. The Morgan fingerprint density at radius 1 is 1.38 bits per heavy atom. The number of halogens is 1. The van der Waals surface area contributed by atoms with Crippen molar-refractivity contribution in [2.75, 3.05) is 0 Å². The maximum Gasteiger partial charge on any atom is 0.145 e. The number of aryl methyl sites for hydroxylation is 1. The molecule has 0 unspecified atom stereocenters. The molecule has 0 atom stereocenters. The van der Waals surface area contributed by atoms with Gasteiger partial charge in [0.1, 0.15) is 17.1 Å². The molecule has 13 heavy (non-hydrogen) atoms. The second kappa shape index (κ2) is 2.69. The molecule has 2 nitrogen and oxygen atoms in total. The molecule has 66 valence electrons. The molecule has 2 rings (SSSR count). The zero-order valence-corrected chi connectivity index (χ0v) is 7.08. The lowest BCUT2D eigenvalue weighted by Crippen LogP contribution is -1.88. The summed E-state index contributed by atoms with van der Waals surface area (Å²) in [6, 6.07) is 6.28. The van der Waals surface area contributed by atoms with Gasteiger partial charge in [0.05, 0.1) is 5.69 Å². The van der Waals surface area contributed by atoms with Crippen LogP contribution in [-0.2, 0) is 0 Å². The van der Waals surface area contributed by atoms with Gasteiger partial charge in [0.2, 0.25) is 0 Å². The van der Waals surface area contributed by atoms with Crippen LogP contribution in [0.2, 0.25) is 0 Å². The molecule has 0 aliphatic carbocycles. The van der Waals surface area contributed by atoms with Crippen molar-refractivity contribution in [2.24, 2.45) is 0 Å². The molecule has 1 aromatic carbocycles. The topological polar surface area (TPSA) is 33.1 Å². The molecule has 0 aliphatic rings. The van der Waals surface area contributed by atoms with Gasteiger partial charge in [-0.2, -0.15) is 0 Å². The first-order valence-corrected chi connectivity index (χ1v) is 3.93. The van der Waals surface area contributed by atoms with E-state index in [-0.39, 0.29) is 11.6 Å². The molecule has 1 heterocycles. The van der Waals surface area contributed by atoms with Crippen LogP contribution in [0.3, 0.4) is 0 Å². The van der Waals surface area contributed by atoms with Gasteiger partial charge in [-0.15, -0.1) is 0 Å². The molecule has 1 N–H and O–H groups in total. The number of benzene rings is 1. The number of hydrogen-bond acceptors (Lipinski definition) is 2. The van der Waals surface area contributed by atoms with E-state index in [2.05, 4.69) is 4.98 Å². The lowest BCUT2D eigenvalue weighted by molar-refractivity contribution is 0.480. The van der Waals surface area contributed by atoms with E-state index < -0.39 is 0 Å². The maximum atomic E-state index is 13.0. The van der Waals surface area contributed by atoms with Gasteiger partial charge in [-0.3, -0.25) is 0 Å². The number of hydrogen-bond donors (Lipinski definition) is 1. The van der Waals surface area contributed by atoms with E-state index in [9.17, 15) is 9.50 Å². The highest BCUT2D eigenvalue weighted by Crippen LogP contribution is 2.23. The molecule has 0 aliphatic heterocycles. The Kier molecular flexibility index (Phi) is 1.65. The summed E-state index contributed by atoms with van der Waals surface area (Å²) in [7, 11) is 0. The number of aromatic nitrogens is 1. The summed E-state index contributed by atoms with van der Waals surface area (Å²) in [5, 5.41) is 10.0. The fourth-order valence-electron chi connectivity index (χ4n) is 1.25. The number of para-hydroxylation sites is 1. The van der Waals surface area contributed by atoms with Crippen molar-refractivity contribution in [3.63, 3.8) is 0 Å². The Labute approximate surface area is 74.7 Å². The number of aromatic hydroxyl groups is 1. The van der Waals surface area contributed by atoms with E-state index in [1.54, 1.807) is 19.1 Å². The summed E-state index contributed by atoms with van der Waals surface area (Å²) in [5.41, 5.74) is 0.746. The van der Waals surface area contributed by atoms with Crippen LogP contribution in [-0.4, -0.2) is 10.1 Å². The van der Waals surface area contributed by atoms with Crippen molar-refractivity contribution in [3.8, 4) is 5.75 Å². The summed E-state index contributed by atoms with van der Waals surface area (Å²) in [6.45, 7) is 1.57. The third-order valence-electron chi connectivity index (χ3n) is 1.95. The monoisotopic (exact) mass is 177 g/mol. The van der Waals surface area contributed by atoms with E-state index in [0.717, 1.165) is 0 Å². The van der Waals surface area contributed by atoms with Gasteiger partial charge in [-0.05, 0) is 19.1 Å². The van der Waals surface area contributed by atoms with Crippen LogP contribution < -0.4 is 0 Å². The standard InChI is InChI=1S/C10H8FNO/c1-6-8(11)5-7-3-2-4-9(13)10(7)12-6/h2-5,13H,1H3. The molecular weight excluding hydrogens is 169 g/mol. The number of fused-ring (bicyclic) bond motifs is 1. The molecule has 1 aromatic heterocycles. The van der Waals surface area contributed by atoms with Crippen molar-refractivity contribution in [3.05, 3.63) is 35.8 Å². The summed E-state index contributed by atoms with van der Waals surface area (Å²) in [4.78, 5) is 3.95. The fraction of sp³-hybridized carbons (Fsp3) is 0.100. The minimum absolute atomic E-state index is 0.0839. The van der Waals surface area contributed by atoms with Crippen molar-refractivity contribution < 1.29 is 9.50 Å². The first-order valence-electron chi connectivity index (χ1n) is 3.93. The van der Waals surface area contributed by atoms with Gasteiger partial charge >= 0.3 is 0 Å². The van der Waals surface area contributed by atoms with Crippen molar-refractivity contribution >= 4 is 10.9 Å². The predicted octanol–water partition coefficient (Wildman–Crippen LogP) is 2.39. The van der Waals surface area contributed by atoms with E-state index in [1.165, 1.54) is 12.1 Å². The SMILES string of the molecule is Cc1nc2c(O)cccc2cc1F. The van der Waals surface area contributed by atoms with Gasteiger partial charge < -0.3 is 5.11 Å². The predicted molar refractivity (Wildman–Crippen MR) is 48.1 cm³/mol. The second-order valence-corrected chi connectivity index (χ2v) is 2.90. The van der Waals surface area contributed by atoms with Gasteiger partial charge in [-0.1, -0.05) is 12.1 Å². The van der Waals surface area contributed by atoms with Crippen LogP contribution in [0, 0.1) is 12.7 Å². The van der Waals surface area contributed by atoms with Gasteiger partial charge in [0, 0.05) is 5.39 Å². The zero-order valence-electron chi connectivity index (χ0n) is 7.08. The van der Waals surface area contributed by atoms with Crippen molar-refractivity contribution in [1.29, 1.82) is 0 Å². The number of nitrogens with zero attached hydrogens (tertiary/aromatic N) is 1. The average Bonchev–Trinajstić information content (AvgIpc) is 2.09. The number of phenols is 1. The van der Waals surface area contributed by atoms with Gasteiger partial charge in [-0.25, -0.2) is 9.37 Å². The van der Waals surface area contributed by atoms with E-state index in [1.807, 2.05) is 0 Å². The lowest BCUT2D eigenvalue weighted by atomic mass is 10.2. The largest absolute Gasteiger partial charge is 0.506 e. The van der Waals surface area contributed by atoms with Crippen LogP contribution in [0.4, 0.5) is 4.39 Å². The van der Waals surface area contributed by atoms with Crippen molar-refractivity contribution in [2.45, 2.75) is 6.92 Å². The number of pyridine rings is 1. The highest BCUT2D eigenvalue weighted by molar-refractivity contribution is 5.84. The molecule has 0 saturated heterocycles. The first kappa shape index (κ1) is 7.98. The van der Waals surface area contributed by atoms with Gasteiger partial charge in [0.25, 0.3) is 0 Å². The zero-order chi connectivity index (χ0) is 9.42. The molecule has 0 radical (unpaired) electrons. The minimum atomic E-state index is -0.349. The van der Waals surface area contributed by atoms with Crippen LogP contribution in [0.15, 0.2) is 24.3 Å². The van der Waals surface area contributed by atoms with Crippen LogP contribution >= 0.6 is 0 Å². The maximum absolute atomic E-state index is 13.0. The molecule has 0 saturated carbocycles. The minimum Gasteiger partial charge on any atom is -0.506 e. The summed E-state index contributed by atoms with van der Waals surface area (Å²) in [5.74, 6) is -0.265. The normalized spacial score (nSPS) is 10.6. The average molecular weight is 177 g/mol. The molecule has 0 amide bonds. The summed E-state index contributed by atoms with van der Waals surface area (Å²) < 4.78 is 13.0. The Bertz CT molecular complexity index is 468. The van der Waals surface area contributed by atoms with E-state index in [0.29, 0.717) is 16.6 Å². The first-order chi connectivity index (χ1) is 6.18. The molecule has 0 spiro atoms. The van der Waals surface area contributed by atoms with Crippen molar-refractivity contribution in [1.82, 2.24) is 4.98 Å². The lowest BCUT2D eigenvalue weighted by Gasteiger charge is -2.01. The molecule has 2 aromatic rings. The van der Waals surface area contributed by atoms with Crippen LogP contribution in [0.1, 0.15) is 5.69 Å². The quantitative estimate of drug-likeness (QED) is 0.670. The molecule has 0 fully saturated rings. The smallest absolute Gasteiger partial charge is 0.145 e. The third-order valence-corrected chi connectivity index (χ3v) is 1.95. The Morgan fingerprint density at radius 3 is 2.92 bits per heavy atom. The van der Waals surface area contributed by atoms with Crippen LogP contribution in [0.25, 0.3) is 10.9 Å². The number of rotatable bonds is 0.